The summed E-state index contributed by atoms with van der Waals surface area (Å²) in [6.07, 6.45) is 0. The van der Waals surface area contributed by atoms with Crippen molar-refractivity contribution in [2.45, 2.75) is 19.6 Å². The van der Waals surface area contributed by atoms with Crippen LogP contribution in [0.5, 0.6) is 5.75 Å². The van der Waals surface area contributed by atoms with Crippen molar-refractivity contribution in [1.29, 1.82) is 0 Å². The zero-order valence-electron chi connectivity index (χ0n) is 12.8. The van der Waals surface area contributed by atoms with Crippen LogP contribution in [-0.2, 0) is 4.79 Å². The smallest absolute Gasteiger partial charge is 0.387 e. The fraction of sp³-hybridized carbons (Fsp3) is 0.176. The minimum Gasteiger partial charge on any atom is -0.433 e. The summed E-state index contributed by atoms with van der Waals surface area (Å²) in [5.41, 5.74) is 0.516. The lowest BCUT2D eigenvalue weighted by Crippen LogP contribution is -2.41. The van der Waals surface area contributed by atoms with E-state index in [4.69, 9.17) is 0 Å². The van der Waals surface area contributed by atoms with Crippen molar-refractivity contribution in [2.75, 3.05) is 5.32 Å². The van der Waals surface area contributed by atoms with E-state index in [2.05, 4.69) is 15.4 Å². The Morgan fingerprint density at radius 1 is 1.00 bits per heavy atom. The zero-order valence-corrected chi connectivity index (χ0v) is 12.8. The molecule has 0 aliphatic heterocycles. The van der Waals surface area contributed by atoms with E-state index in [1.807, 2.05) is 0 Å². The number of alkyl halides is 2. The number of hydrogen-bond acceptors (Lipinski definition) is 3. The van der Waals surface area contributed by atoms with Crippen LogP contribution in [-0.4, -0.2) is 24.5 Å². The summed E-state index contributed by atoms with van der Waals surface area (Å²) < 4.78 is 29.1. The second-order valence-electron chi connectivity index (χ2n) is 4.93. The maximum Gasteiger partial charge on any atom is 0.387 e. The standard InChI is InChI=1S/C17H16F2N2O3/c1-11(20-16(23)12-7-3-2-4-8-12)15(22)21-13-9-5-6-10-14(13)24-17(18)19/h2-11,17H,1H3,(H,20,23)(H,21,22). The molecule has 0 heterocycles. The average Bonchev–Trinajstić information content (AvgIpc) is 2.56. The molecule has 2 N–H and O–H groups in total. The Morgan fingerprint density at radius 3 is 2.29 bits per heavy atom. The molecule has 0 aliphatic rings. The second kappa shape index (κ2) is 8.05. The Kier molecular flexibility index (Phi) is 5.83. The van der Waals surface area contributed by atoms with Gasteiger partial charge in [0.2, 0.25) is 5.91 Å². The van der Waals surface area contributed by atoms with Gasteiger partial charge >= 0.3 is 6.61 Å². The molecule has 126 valence electrons. The van der Waals surface area contributed by atoms with E-state index in [1.165, 1.54) is 25.1 Å². The third-order valence-electron chi connectivity index (χ3n) is 3.14. The van der Waals surface area contributed by atoms with E-state index in [0.29, 0.717) is 5.56 Å². The lowest BCUT2D eigenvalue weighted by molar-refractivity contribution is -0.117. The first-order valence-electron chi connectivity index (χ1n) is 7.18. The molecule has 2 rings (SSSR count). The number of nitrogens with one attached hydrogen (secondary N) is 2. The number of carbonyl (C=O) groups is 2. The van der Waals surface area contributed by atoms with Gasteiger partial charge in [0, 0.05) is 5.56 Å². The number of benzene rings is 2. The van der Waals surface area contributed by atoms with E-state index in [0.717, 1.165) is 0 Å². The molecule has 7 heteroatoms. The Balaban J connectivity index is 2.01. The summed E-state index contributed by atoms with van der Waals surface area (Å²) in [5, 5.41) is 5.00. The van der Waals surface area contributed by atoms with E-state index in [-0.39, 0.29) is 11.4 Å². The number of carbonyl (C=O) groups excluding carboxylic acids is 2. The van der Waals surface area contributed by atoms with Crippen molar-refractivity contribution in [1.82, 2.24) is 5.32 Å². The fourth-order valence-electron chi connectivity index (χ4n) is 1.94. The highest BCUT2D eigenvalue weighted by Crippen LogP contribution is 2.25. The molecule has 2 aromatic rings. The topological polar surface area (TPSA) is 67.4 Å². The fourth-order valence-corrected chi connectivity index (χ4v) is 1.94. The second-order valence-corrected chi connectivity index (χ2v) is 4.93. The molecule has 0 aliphatic carbocycles. The summed E-state index contributed by atoms with van der Waals surface area (Å²) in [5.74, 6) is -1.11. The van der Waals surface area contributed by atoms with Crippen LogP contribution in [0.4, 0.5) is 14.5 Å². The molecule has 0 spiro atoms. The number of anilines is 1. The van der Waals surface area contributed by atoms with Crippen molar-refractivity contribution in [3.63, 3.8) is 0 Å². The predicted octanol–water partition coefficient (Wildman–Crippen LogP) is 3.05. The van der Waals surface area contributed by atoms with Crippen molar-refractivity contribution >= 4 is 17.5 Å². The third-order valence-corrected chi connectivity index (χ3v) is 3.14. The van der Waals surface area contributed by atoms with Gasteiger partial charge in [0.15, 0.2) is 0 Å². The number of amides is 2. The van der Waals surface area contributed by atoms with Crippen LogP contribution in [0, 0.1) is 0 Å². The van der Waals surface area contributed by atoms with Crippen LogP contribution in [0.1, 0.15) is 17.3 Å². The van der Waals surface area contributed by atoms with Gasteiger partial charge < -0.3 is 15.4 Å². The predicted molar refractivity (Wildman–Crippen MR) is 85.1 cm³/mol. The molecule has 0 bridgehead atoms. The first kappa shape index (κ1) is 17.4. The van der Waals surface area contributed by atoms with E-state index >= 15 is 0 Å². The molecule has 5 nitrogen and oxygen atoms in total. The number of hydrogen-bond donors (Lipinski definition) is 2. The molecular weight excluding hydrogens is 318 g/mol. The van der Waals surface area contributed by atoms with E-state index < -0.39 is 24.5 Å². The minimum atomic E-state index is -3.00. The molecule has 1 unspecified atom stereocenters. The van der Waals surface area contributed by atoms with Crippen molar-refractivity contribution in [2.24, 2.45) is 0 Å². The SMILES string of the molecule is CC(NC(=O)c1ccccc1)C(=O)Nc1ccccc1OC(F)F. The van der Waals surface area contributed by atoms with Crippen LogP contribution in [0.2, 0.25) is 0 Å². The van der Waals surface area contributed by atoms with Crippen LogP contribution in [0.25, 0.3) is 0 Å². The molecule has 24 heavy (non-hydrogen) atoms. The van der Waals surface area contributed by atoms with Gasteiger partial charge in [-0.1, -0.05) is 30.3 Å². The van der Waals surface area contributed by atoms with Crippen molar-refractivity contribution < 1.29 is 23.1 Å². The van der Waals surface area contributed by atoms with Crippen molar-refractivity contribution in [3.8, 4) is 5.75 Å². The van der Waals surface area contributed by atoms with Gasteiger partial charge in [-0.3, -0.25) is 9.59 Å². The molecule has 1 atom stereocenters. The average molecular weight is 334 g/mol. The monoisotopic (exact) mass is 334 g/mol. The minimum absolute atomic E-state index is 0.101. The largest absolute Gasteiger partial charge is 0.433 e. The number of rotatable bonds is 6. The molecule has 0 saturated carbocycles. The first-order valence-corrected chi connectivity index (χ1v) is 7.18. The molecule has 2 amide bonds. The van der Waals surface area contributed by atoms with Crippen LogP contribution in [0.15, 0.2) is 54.6 Å². The normalized spacial score (nSPS) is 11.7. The van der Waals surface area contributed by atoms with Gasteiger partial charge in [0.05, 0.1) is 5.69 Å². The van der Waals surface area contributed by atoms with Gasteiger partial charge in [0.1, 0.15) is 11.8 Å². The van der Waals surface area contributed by atoms with E-state index in [1.54, 1.807) is 36.4 Å². The molecule has 2 aromatic carbocycles. The maximum atomic E-state index is 12.4. The summed E-state index contributed by atoms with van der Waals surface area (Å²) in [6.45, 7) is -1.51. The Hall–Kier alpha value is -2.96. The van der Waals surface area contributed by atoms with Gasteiger partial charge in [-0.2, -0.15) is 8.78 Å². The number of para-hydroxylation sites is 2. The summed E-state index contributed by atoms with van der Waals surface area (Å²) in [6, 6.07) is 13.4. The van der Waals surface area contributed by atoms with Gasteiger partial charge in [-0.15, -0.1) is 0 Å². The lowest BCUT2D eigenvalue weighted by atomic mass is 10.2. The Morgan fingerprint density at radius 2 is 1.62 bits per heavy atom. The lowest BCUT2D eigenvalue weighted by Gasteiger charge is -2.16. The highest BCUT2D eigenvalue weighted by Gasteiger charge is 2.18. The molecule has 0 fully saturated rings. The number of ether oxygens (including phenoxy) is 1. The third kappa shape index (κ3) is 4.77. The molecule has 0 saturated heterocycles. The van der Waals surface area contributed by atoms with Crippen molar-refractivity contribution in [3.05, 3.63) is 60.2 Å². The molecule has 0 radical (unpaired) electrons. The summed E-state index contributed by atoms with van der Waals surface area (Å²) in [4.78, 5) is 24.2. The zero-order chi connectivity index (χ0) is 17.5. The van der Waals surface area contributed by atoms with Crippen LogP contribution in [0.3, 0.4) is 0 Å². The van der Waals surface area contributed by atoms with Crippen LogP contribution >= 0.6 is 0 Å². The van der Waals surface area contributed by atoms with Gasteiger partial charge in [-0.05, 0) is 31.2 Å². The summed E-state index contributed by atoms with van der Waals surface area (Å²) in [7, 11) is 0. The number of halogens is 2. The molecule has 0 aromatic heterocycles. The molecular formula is C17H16F2N2O3. The maximum absolute atomic E-state index is 12.4. The highest BCUT2D eigenvalue weighted by atomic mass is 19.3. The van der Waals surface area contributed by atoms with E-state index in [9.17, 15) is 18.4 Å². The first-order chi connectivity index (χ1) is 11.5. The Labute approximate surface area is 137 Å². The van der Waals surface area contributed by atoms with Gasteiger partial charge in [-0.25, -0.2) is 0 Å². The highest BCUT2D eigenvalue weighted by molar-refractivity contribution is 6.01. The van der Waals surface area contributed by atoms with Crippen LogP contribution < -0.4 is 15.4 Å². The van der Waals surface area contributed by atoms with Gasteiger partial charge in [0.25, 0.3) is 5.91 Å². The summed E-state index contributed by atoms with van der Waals surface area (Å²) >= 11 is 0. The Bertz CT molecular complexity index is 708. The quantitative estimate of drug-likeness (QED) is 0.853.